The highest BCUT2D eigenvalue weighted by molar-refractivity contribution is 5.00. The lowest BCUT2D eigenvalue weighted by Gasteiger charge is -2.51. The van der Waals surface area contributed by atoms with Gasteiger partial charge in [-0.1, -0.05) is 19.8 Å². The van der Waals surface area contributed by atoms with Gasteiger partial charge in [-0.05, 0) is 63.2 Å². The second-order valence-corrected chi connectivity index (χ2v) is 7.21. The summed E-state index contributed by atoms with van der Waals surface area (Å²) in [5.74, 6) is 1.30. The molecule has 0 bridgehead atoms. The van der Waals surface area contributed by atoms with Crippen LogP contribution in [0.3, 0.4) is 0 Å². The van der Waals surface area contributed by atoms with E-state index in [1.807, 2.05) is 0 Å². The van der Waals surface area contributed by atoms with E-state index in [4.69, 9.17) is 4.74 Å². The zero-order chi connectivity index (χ0) is 12.6. The first-order valence-electron chi connectivity index (χ1n) is 7.98. The maximum atomic E-state index is 11.1. The zero-order valence-corrected chi connectivity index (χ0v) is 11.8. The second kappa shape index (κ2) is 4.79. The molecule has 0 aromatic rings. The topological polar surface area (TPSA) is 29.5 Å². The zero-order valence-electron chi connectivity index (χ0n) is 11.8. The highest BCUT2D eigenvalue weighted by atomic mass is 16.5. The van der Waals surface area contributed by atoms with E-state index in [2.05, 4.69) is 6.92 Å². The van der Waals surface area contributed by atoms with Gasteiger partial charge in [-0.2, -0.15) is 0 Å². The molecule has 3 atom stereocenters. The standard InChI is InChI=1S/C16H28O2/c1-13-4-2-9-16(17,10-5-13)14-6-11-18-15(12-14)7-3-8-15/h13-14,17H,2-12H2,1H3. The summed E-state index contributed by atoms with van der Waals surface area (Å²) in [4.78, 5) is 0. The number of rotatable bonds is 1. The fraction of sp³-hybridized carbons (Fsp3) is 1.00. The molecular formula is C16H28O2. The summed E-state index contributed by atoms with van der Waals surface area (Å²) in [6.45, 7) is 3.21. The van der Waals surface area contributed by atoms with Gasteiger partial charge < -0.3 is 9.84 Å². The van der Waals surface area contributed by atoms with E-state index in [-0.39, 0.29) is 11.2 Å². The summed E-state index contributed by atoms with van der Waals surface area (Å²) in [6, 6.07) is 0. The molecule has 3 rings (SSSR count). The molecule has 1 spiro atoms. The summed E-state index contributed by atoms with van der Waals surface area (Å²) in [5.41, 5.74) is -0.201. The Morgan fingerprint density at radius 2 is 1.83 bits per heavy atom. The van der Waals surface area contributed by atoms with Crippen LogP contribution in [0, 0.1) is 11.8 Å². The lowest BCUT2D eigenvalue weighted by molar-refractivity contribution is -0.177. The van der Waals surface area contributed by atoms with Crippen LogP contribution >= 0.6 is 0 Å². The Bertz CT molecular complexity index is 297. The summed E-state index contributed by atoms with van der Waals surface area (Å²) in [7, 11) is 0. The molecule has 1 N–H and O–H groups in total. The van der Waals surface area contributed by atoms with Crippen LogP contribution in [0.1, 0.15) is 71.1 Å². The first kappa shape index (κ1) is 12.9. The minimum Gasteiger partial charge on any atom is -0.390 e. The number of hydrogen-bond acceptors (Lipinski definition) is 2. The monoisotopic (exact) mass is 252 g/mol. The smallest absolute Gasteiger partial charge is 0.0686 e. The molecule has 0 radical (unpaired) electrons. The number of aliphatic hydroxyl groups is 1. The molecule has 2 nitrogen and oxygen atoms in total. The van der Waals surface area contributed by atoms with Crippen molar-refractivity contribution < 1.29 is 9.84 Å². The van der Waals surface area contributed by atoms with Crippen molar-refractivity contribution in [3.05, 3.63) is 0 Å². The van der Waals surface area contributed by atoms with Crippen molar-refractivity contribution in [1.29, 1.82) is 0 Å². The minimum atomic E-state index is -0.378. The van der Waals surface area contributed by atoms with Crippen molar-refractivity contribution in [1.82, 2.24) is 0 Å². The van der Waals surface area contributed by atoms with Gasteiger partial charge in [0.25, 0.3) is 0 Å². The van der Waals surface area contributed by atoms with Gasteiger partial charge in [0.2, 0.25) is 0 Å². The number of ether oxygens (including phenoxy) is 1. The molecule has 0 amide bonds. The summed E-state index contributed by atoms with van der Waals surface area (Å²) in [6.07, 6.45) is 11.8. The van der Waals surface area contributed by atoms with Gasteiger partial charge in [0.1, 0.15) is 0 Å². The van der Waals surface area contributed by atoms with E-state index in [0.29, 0.717) is 5.92 Å². The molecule has 2 heteroatoms. The van der Waals surface area contributed by atoms with E-state index in [1.165, 1.54) is 38.5 Å². The van der Waals surface area contributed by atoms with Crippen LogP contribution in [-0.2, 0) is 4.74 Å². The molecule has 1 saturated heterocycles. The Kier molecular flexibility index (Phi) is 3.44. The van der Waals surface area contributed by atoms with Crippen molar-refractivity contribution in [3.8, 4) is 0 Å². The second-order valence-electron chi connectivity index (χ2n) is 7.21. The fourth-order valence-electron chi connectivity index (χ4n) is 4.34. The molecule has 18 heavy (non-hydrogen) atoms. The molecule has 2 saturated carbocycles. The molecule has 2 aliphatic carbocycles. The average Bonchev–Trinajstić information content (AvgIpc) is 2.51. The summed E-state index contributed by atoms with van der Waals surface area (Å²) < 4.78 is 6.01. The third kappa shape index (κ3) is 2.34. The van der Waals surface area contributed by atoms with Crippen molar-refractivity contribution in [2.45, 2.75) is 82.3 Å². The van der Waals surface area contributed by atoms with Gasteiger partial charge in [0, 0.05) is 6.61 Å². The minimum absolute atomic E-state index is 0.177. The first-order valence-corrected chi connectivity index (χ1v) is 7.98. The highest BCUT2D eigenvalue weighted by Crippen LogP contribution is 2.49. The van der Waals surface area contributed by atoms with Crippen LogP contribution in [0.5, 0.6) is 0 Å². The van der Waals surface area contributed by atoms with E-state index in [9.17, 15) is 5.11 Å². The Morgan fingerprint density at radius 3 is 2.56 bits per heavy atom. The normalized spacial score (nSPS) is 44.3. The Hall–Kier alpha value is -0.0800. The predicted molar refractivity (Wildman–Crippen MR) is 72.5 cm³/mol. The van der Waals surface area contributed by atoms with Crippen molar-refractivity contribution in [2.75, 3.05) is 6.61 Å². The van der Waals surface area contributed by atoms with Crippen molar-refractivity contribution in [3.63, 3.8) is 0 Å². The average molecular weight is 252 g/mol. The third-order valence-corrected chi connectivity index (χ3v) is 5.89. The highest BCUT2D eigenvalue weighted by Gasteiger charge is 2.48. The van der Waals surface area contributed by atoms with Gasteiger partial charge in [-0.25, -0.2) is 0 Å². The lowest BCUT2D eigenvalue weighted by atomic mass is 9.66. The van der Waals surface area contributed by atoms with Crippen LogP contribution in [-0.4, -0.2) is 22.9 Å². The number of hydrogen-bond donors (Lipinski definition) is 1. The van der Waals surface area contributed by atoms with Crippen LogP contribution in [0.2, 0.25) is 0 Å². The molecular weight excluding hydrogens is 224 g/mol. The van der Waals surface area contributed by atoms with Crippen LogP contribution in [0.25, 0.3) is 0 Å². The van der Waals surface area contributed by atoms with E-state index < -0.39 is 0 Å². The summed E-state index contributed by atoms with van der Waals surface area (Å²) in [5, 5.41) is 11.1. The van der Waals surface area contributed by atoms with Gasteiger partial charge in [0.15, 0.2) is 0 Å². The molecule has 1 aliphatic heterocycles. The molecule has 0 aromatic carbocycles. The van der Waals surface area contributed by atoms with E-state index in [0.717, 1.165) is 38.2 Å². The molecule has 3 aliphatic rings. The van der Waals surface area contributed by atoms with E-state index >= 15 is 0 Å². The largest absolute Gasteiger partial charge is 0.390 e. The van der Waals surface area contributed by atoms with Crippen LogP contribution in [0.4, 0.5) is 0 Å². The van der Waals surface area contributed by atoms with Crippen LogP contribution in [0.15, 0.2) is 0 Å². The van der Waals surface area contributed by atoms with Crippen molar-refractivity contribution in [2.24, 2.45) is 11.8 Å². The summed E-state index contributed by atoms with van der Waals surface area (Å²) >= 11 is 0. The van der Waals surface area contributed by atoms with Gasteiger partial charge >= 0.3 is 0 Å². The molecule has 104 valence electrons. The maximum absolute atomic E-state index is 11.1. The molecule has 0 aromatic heterocycles. The Labute approximate surface area is 111 Å². The van der Waals surface area contributed by atoms with Gasteiger partial charge in [-0.15, -0.1) is 0 Å². The fourth-order valence-corrected chi connectivity index (χ4v) is 4.34. The van der Waals surface area contributed by atoms with Gasteiger partial charge in [0.05, 0.1) is 11.2 Å². The Morgan fingerprint density at radius 1 is 1.00 bits per heavy atom. The van der Waals surface area contributed by atoms with Crippen molar-refractivity contribution >= 4 is 0 Å². The van der Waals surface area contributed by atoms with Gasteiger partial charge in [-0.3, -0.25) is 0 Å². The molecule has 1 heterocycles. The molecule has 3 unspecified atom stereocenters. The SMILES string of the molecule is CC1CCCC(O)(C2CCOC3(CCC3)C2)CC1. The van der Waals surface area contributed by atoms with E-state index in [1.54, 1.807) is 0 Å². The Balaban J connectivity index is 1.68. The lowest BCUT2D eigenvalue weighted by Crippen LogP contribution is -2.51. The third-order valence-electron chi connectivity index (χ3n) is 5.89. The van der Waals surface area contributed by atoms with Crippen LogP contribution < -0.4 is 0 Å². The quantitative estimate of drug-likeness (QED) is 0.722. The maximum Gasteiger partial charge on any atom is 0.0686 e. The first-order chi connectivity index (χ1) is 8.62. The molecule has 3 fully saturated rings. The predicted octanol–water partition coefficient (Wildman–Crippen LogP) is 3.67.